The summed E-state index contributed by atoms with van der Waals surface area (Å²) in [5.74, 6) is 0.558. The van der Waals surface area contributed by atoms with E-state index in [1.165, 1.54) is 0 Å². The number of aromatic nitrogens is 2. The molecule has 17 heavy (non-hydrogen) atoms. The Hall–Kier alpha value is -0.830. The molecule has 0 bridgehead atoms. The highest BCUT2D eigenvalue weighted by molar-refractivity contribution is 6.31. The fourth-order valence-corrected chi connectivity index (χ4v) is 2.90. The summed E-state index contributed by atoms with van der Waals surface area (Å²) in [6.07, 6.45) is 4.38. The van der Waals surface area contributed by atoms with E-state index in [9.17, 15) is 4.79 Å². The molecule has 3 nitrogen and oxygen atoms in total. The van der Waals surface area contributed by atoms with E-state index in [1.807, 2.05) is 4.68 Å². The van der Waals surface area contributed by atoms with Crippen LogP contribution in [0.5, 0.6) is 0 Å². The van der Waals surface area contributed by atoms with E-state index in [0.29, 0.717) is 5.78 Å². The molecule has 1 aromatic rings. The first-order valence-electron chi connectivity index (χ1n) is 6.44. The van der Waals surface area contributed by atoms with Crippen molar-refractivity contribution in [2.45, 2.75) is 52.5 Å². The van der Waals surface area contributed by atoms with Gasteiger partial charge in [-0.25, -0.2) is 0 Å². The lowest BCUT2D eigenvalue weighted by atomic mass is 10.0. The highest BCUT2D eigenvalue weighted by Gasteiger charge is 2.27. The predicted octanol–water partition coefficient (Wildman–Crippen LogP) is 3.03. The number of Topliss-reactive ketones (excluding diaryl/α,β-unsaturated/α-hetero) is 1. The van der Waals surface area contributed by atoms with Crippen LogP contribution >= 0.6 is 11.6 Å². The summed E-state index contributed by atoms with van der Waals surface area (Å²) in [4.78, 5) is 11.7. The minimum atomic E-state index is 0.166. The summed E-state index contributed by atoms with van der Waals surface area (Å²) in [5, 5.41) is 5.26. The van der Waals surface area contributed by atoms with Crippen molar-refractivity contribution < 1.29 is 4.79 Å². The lowest BCUT2D eigenvalue weighted by Gasteiger charge is -2.09. The third kappa shape index (κ3) is 2.39. The molecule has 0 amide bonds. The Bertz CT molecular complexity index is 425. The Morgan fingerprint density at radius 1 is 1.47 bits per heavy atom. The zero-order valence-corrected chi connectivity index (χ0v) is 11.3. The largest absolute Gasteiger partial charge is 0.299 e. The van der Waals surface area contributed by atoms with Gasteiger partial charge in [-0.1, -0.05) is 18.5 Å². The van der Waals surface area contributed by atoms with Gasteiger partial charge in [-0.05, 0) is 26.2 Å². The maximum absolute atomic E-state index is 11.7. The molecule has 94 valence electrons. The Morgan fingerprint density at radius 2 is 2.24 bits per heavy atom. The molecule has 4 heteroatoms. The Kier molecular flexibility index (Phi) is 3.87. The Labute approximate surface area is 107 Å². The Morgan fingerprint density at radius 3 is 2.76 bits per heavy atom. The van der Waals surface area contributed by atoms with Crippen molar-refractivity contribution in [3.63, 3.8) is 0 Å². The summed E-state index contributed by atoms with van der Waals surface area (Å²) >= 11 is 6.34. The van der Waals surface area contributed by atoms with E-state index in [-0.39, 0.29) is 5.92 Å². The minimum absolute atomic E-state index is 0.166. The van der Waals surface area contributed by atoms with E-state index in [0.717, 1.165) is 55.1 Å². The summed E-state index contributed by atoms with van der Waals surface area (Å²) in [6.45, 7) is 4.93. The number of carbonyl (C=O) groups is 1. The van der Waals surface area contributed by atoms with Crippen molar-refractivity contribution in [1.82, 2.24) is 9.78 Å². The van der Waals surface area contributed by atoms with Crippen LogP contribution in [0.15, 0.2) is 0 Å². The van der Waals surface area contributed by atoms with E-state index >= 15 is 0 Å². The van der Waals surface area contributed by atoms with Crippen LogP contribution in [0.4, 0.5) is 0 Å². The van der Waals surface area contributed by atoms with Gasteiger partial charge in [0, 0.05) is 25.3 Å². The van der Waals surface area contributed by atoms with Gasteiger partial charge in [0.15, 0.2) is 0 Å². The maximum Gasteiger partial charge on any atom is 0.136 e. The topological polar surface area (TPSA) is 34.9 Å². The number of carbonyl (C=O) groups excluding carboxylic acids is 1. The van der Waals surface area contributed by atoms with E-state index in [1.54, 1.807) is 0 Å². The number of nitrogens with zero attached hydrogens (tertiary/aromatic N) is 2. The van der Waals surface area contributed by atoms with Gasteiger partial charge in [0.1, 0.15) is 5.78 Å². The van der Waals surface area contributed by atoms with Crippen molar-refractivity contribution in [2.24, 2.45) is 5.92 Å². The highest BCUT2D eigenvalue weighted by Crippen LogP contribution is 2.29. The number of ketones is 1. The van der Waals surface area contributed by atoms with Gasteiger partial charge in [-0.2, -0.15) is 5.10 Å². The molecule has 1 heterocycles. The summed E-state index contributed by atoms with van der Waals surface area (Å²) in [6, 6.07) is 0. The lowest BCUT2D eigenvalue weighted by molar-refractivity contribution is -0.120. The first kappa shape index (κ1) is 12.6. The smallest absolute Gasteiger partial charge is 0.136 e. The van der Waals surface area contributed by atoms with Gasteiger partial charge in [-0.15, -0.1) is 0 Å². The van der Waals surface area contributed by atoms with Gasteiger partial charge in [-0.3, -0.25) is 9.48 Å². The summed E-state index contributed by atoms with van der Waals surface area (Å²) in [5.41, 5.74) is 2.00. The standard InChI is InChI=1S/C13H19ClN2O/c1-3-10-13(14)11(16(4-2)15-10)8-9-6-5-7-12(9)17/h9H,3-8H2,1-2H3. The van der Waals surface area contributed by atoms with Gasteiger partial charge >= 0.3 is 0 Å². The molecule has 0 N–H and O–H groups in total. The number of hydrogen-bond donors (Lipinski definition) is 0. The predicted molar refractivity (Wildman–Crippen MR) is 68.3 cm³/mol. The van der Waals surface area contributed by atoms with E-state index < -0.39 is 0 Å². The van der Waals surface area contributed by atoms with Crippen molar-refractivity contribution >= 4 is 17.4 Å². The summed E-state index contributed by atoms with van der Waals surface area (Å²) < 4.78 is 1.95. The fourth-order valence-electron chi connectivity index (χ4n) is 2.55. The molecule has 1 atom stereocenters. The molecule has 1 unspecified atom stereocenters. The van der Waals surface area contributed by atoms with Gasteiger partial charge in [0.05, 0.1) is 16.4 Å². The summed E-state index contributed by atoms with van der Waals surface area (Å²) in [7, 11) is 0. The van der Waals surface area contributed by atoms with Crippen LogP contribution < -0.4 is 0 Å². The van der Waals surface area contributed by atoms with Crippen LogP contribution in [0.25, 0.3) is 0 Å². The van der Waals surface area contributed by atoms with Crippen LogP contribution in [-0.4, -0.2) is 15.6 Å². The van der Waals surface area contributed by atoms with Gasteiger partial charge in [0.2, 0.25) is 0 Å². The first-order valence-corrected chi connectivity index (χ1v) is 6.81. The first-order chi connectivity index (χ1) is 8.17. The third-order valence-electron chi connectivity index (χ3n) is 3.56. The molecule has 1 fully saturated rings. The Balaban J connectivity index is 2.24. The number of rotatable bonds is 4. The average molecular weight is 255 g/mol. The van der Waals surface area contributed by atoms with Crippen molar-refractivity contribution in [1.29, 1.82) is 0 Å². The van der Waals surface area contributed by atoms with Crippen LogP contribution in [0.1, 0.15) is 44.5 Å². The highest BCUT2D eigenvalue weighted by atomic mass is 35.5. The van der Waals surface area contributed by atoms with E-state index in [4.69, 9.17) is 11.6 Å². The zero-order valence-electron chi connectivity index (χ0n) is 10.5. The van der Waals surface area contributed by atoms with Gasteiger partial charge < -0.3 is 0 Å². The molecule has 0 saturated heterocycles. The van der Waals surface area contributed by atoms with E-state index in [2.05, 4.69) is 18.9 Å². The molecule has 0 spiro atoms. The maximum atomic E-state index is 11.7. The van der Waals surface area contributed by atoms with Crippen molar-refractivity contribution in [3.05, 3.63) is 16.4 Å². The normalized spacial score (nSPS) is 20.2. The molecule has 0 aliphatic heterocycles. The minimum Gasteiger partial charge on any atom is -0.299 e. The second-order valence-electron chi connectivity index (χ2n) is 4.64. The van der Waals surface area contributed by atoms with Crippen molar-refractivity contribution in [3.8, 4) is 0 Å². The molecule has 1 aliphatic rings. The average Bonchev–Trinajstić information content (AvgIpc) is 2.86. The molecule has 0 aromatic carbocycles. The molecule has 2 rings (SSSR count). The zero-order chi connectivity index (χ0) is 12.4. The van der Waals surface area contributed by atoms with Crippen LogP contribution in [0.2, 0.25) is 5.02 Å². The number of halogens is 1. The lowest BCUT2D eigenvalue weighted by Crippen LogP contribution is -2.13. The van der Waals surface area contributed by atoms with Crippen LogP contribution in [-0.2, 0) is 24.2 Å². The molecule has 0 radical (unpaired) electrons. The van der Waals surface area contributed by atoms with Crippen LogP contribution in [0.3, 0.4) is 0 Å². The third-order valence-corrected chi connectivity index (χ3v) is 4.00. The van der Waals surface area contributed by atoms with Crippen molar-refractivity contribution in [2.75, 3.05) is 0 Å². The fraction of sp³-hybridized carbons (Fsp3) is 0.692. The monoisotopic (exact) mass is 254 g/mol. The quantitative estimate of drug-likeness (QED) is 0.828. The van der Waals surface area contributed by atoms with Crippen LogP contribution in [0, 0.1) is 5.92 Å². The molecular weight excluding hydrogens is 236 g/mol. The number of aryl methyl sites for hydroxylation is 2. The SMILES string of the molecule is CCc1nn(CC)c(CC2CCCC2=O)c1Cl. The molecule has 1 aliphatic carbocycles. The second kappa shape index (κ2) is 5.21. The molecular formula is C13H19ClN2O. The van der Waals surface area contributed by atoms with Gasteiger partial charge in [0.25, 0.3) is 0 Å². The molecule has 1 saturated carbocycles. The molecule has 1 aromatic heterocycles. The second-order valence-corrected chi connectivity index (χ2v) is 5.01. The number of hydrogen-bond acceptors (Lipinski definition) is 2.